The van der Waals surface area contributed by atoms with Gasteiger partial charge in [-0.2, -0.15) is 0 Å². The zero-order chi connectivity index (χ0) is 15.8. The van der Waals surface area contributed by atoms with E-state index in [2.05, 4.69) is 27.7 Å². The Balaban J connectivity index is 3.85. The molecule has 21 heavy (non-hydrogen) atoms. The number of unbranched alkanes of at least 4 members (excludes halogenated alkanes) is 8. The average molecular weight is 301 g/mol. The summed E-state index contributed by atoms with van der Waals surface area (Å²) in [6.45, 7) is 10.5. The lowest BCUT2D eigenvalue weighted by molar-refractivity contribution is -0.230. The van der Waals surface area contributed by atoms with Crippen molar-refractivity contribution in [1.29, 1.82) is 0 Å². The lowest BCUT2D eigenvalue weighted by atomic mass is 10.1. The quantitative estimate of drug-likeness (QED) is 0.240. The lowest BCUT2D eigenvalue weighted by Crippen LogP contribution is -2.33. The van der Waals surface area contributed by atoms with Crippen LogP contribution in [0.1, 0.15) is 105 Å². The Hall–Kier alpha value is -0.0800. The van der Waals surface area contributed by atoms with Crippen molar-refractivity contribution in [2.75, 3.05) is 13.2 Å². The van der Waals surface area contributed by atoms with Gasteiger partial charge >= 0.3 is 0 Å². The second-order valence-electron chi connectivity index (χ2n) is 6.41. The van der Waals surface area contributed by atoms with Gasteiger partial charge in [-0.05, 0) is 26.2 Å². The summed E-state index contributed by atoms with van der Waals surface area (Å²) in [6, 6.07) is 0. The maximum Gasteiger partial charge on any atom is 0.165 e. The van der Waals surface area contributed by atoms with E-state index in [0.717, 1.165) is 32.5 Å². The van der Waals surface area contributed by atoms with Gasteiger partial charge in [-0.1, -0.05) is 72.1 Å². The molecule has 0 atom stereocenters. The van der Waals surface area contributed by atoms with Crippen LogP contribution in [0.3, 0.4) is 0 Å². The van der Waals surface area contributed by atoms with Crippen molar-refractivity contribution in [2.24, 2.45) is 0 Å². The molecule has 0 radical (unpaired) electrons. The minimum Gasteiger partial charge on any atom is -0.350 e. The molecule has 0 bridgehead atoms. The topological polar surface area (TPSA) is 18.5 Å². The number of rotatable bonds is 16. The van der Waals surface area contributed by atoms with Crippen LogP contribution in [0, 0.1) is 0 Å². The summed E-state index contributed by atoms with van der Waals surface area (Å²) in [5.41, 5.74) is 0. The third kappa shape index (κ3) is 13.3. The summed E-state index contributed by atoms with van der Waals surface area (Å²) in [5, 5.41) is 0. The molecule has 0 saturated carbocycles. The lowest BCUT2D eigenvalue weighted by Gasteiger charge is -2.30. The van der Waals surface area contributed by atoms with E-state index < -0.39 is 0 Å². The monoisotopic (exact) mass is 300 g/mol. The van der Waals surface area contributed by atoms with Crippen molar-refractivity contribution in [2.45, 2.75) is 111 Å². The van der Waals surface area contributed by atoms with E-state index in [0.29, 0.717) is 0 Å². The summed E-state index contributed by atoms with van der Waals surface area (Å²) in [5.74, 6) is -0.353. The van der Waals surface area contributed by atoms with Crippen molar-refractivity contribution >= 4 is 0 Å². The summed E-state index contributed by atoms with van der Waals surface area (Å²) in [4.78, 5) is 0. The summed E-state index contributed by atoms with van der Waals surface area (Å²) in [6.07, 6.45) is 15.1. The van der Waals surface area contributed by atoms with Crippen LogP contribution in [0.4, 0.5) is 0 Å². The van der Waals surface area contributed by atoms with E-state index in [4.69, 9.17) is 9.47 Å². The van der Waals surface area contributed by atoms with Gasteiger partial charge in [-0.25, -0.2) is 0 Å². The molecule has 0 amide bonds. The first-order valence-corrected chi connectivity index (χ1v) is 9.46. The van der Waals surface area contributed by atoms with E-state index in [9.17, 15) is 0 Å². The number of hydrogen-bond donors (Lipinski definition) is 0. The summed E-state index contributed by atoms with van der Waals surface area (Å²) >= 11 is 0. The molecule has 0 fully saturated rings. The van der Waals surface area contributed by atoms with Gasteiger partial charge in [0.1, 0.15) is 0 Å². The Morgan fingerprint density at radius 3 is 1.48 bits per heavy atom. The average Bonchev–Trinajstić information content (AvgIpc) is 2.47. The molecule has 0 unspecified atom stereocenters. The zero-order valence-corrected chi connectivity index (χ0v) is 15.2. The summed E-state index contributed by atoms with van der Waals surface area (Å²) in [7, 11) is 0. The maximum absolute atomic E-state index is 6.04. The standard InChI is InChI=1S/C19H40O2/c1-5-8-11-12-13-14-15-16-19(4,20-17-9-6-2)21-18-10-7-3/h5-18H2,1-4H3. The van der Waals surface area contributed by atoms with Crippen LogP contribution in [0.5, 0.6) is 0 Å². The Bertz CT molecular complexity index is 194. The fourth-order valence-electron chi connectivity index (χ4n) is 2.45. The van der Waals surface area contributed by atoms with Crippen molar-refractivity contribution in [3.63, 3.8) is 0 Å². The number of ether oxygens (including phenoxy) is 2. The molecule has 0 spiro atoms. The predicted octanol–water partition coefficient (Wildman–Crippen LogP) is 6.48. The van der Waals surface area contributed by atoms with Gasteiger partial charge in [-0.3, -0.25) is 0 Å². The van der Waals surface area contributed by atoms with Crippen LogP contribution in [0.2, 0.25) is 0 Å². The molecule has 0 rings (SSSR count). The van der Waals surface area contributed by atoms with Crippen molar-refractivity contribution in [3.8, 4) is 0 Å². The maximum atomic E-state index is 6.04. The van der Waals surface area contributed by atoms with E-state index in [1.807, 2.05) is 0 Å². The van der Waals surface area contributed by atoms with Crippen LogP contribution < -0.4 is 0 Å². The Kier molecular flexibility index (Phi) is 14.8. The molecule has 128 valence electrons. The van der Waals surface area contributed by atoms with E-state index in [-0.39, 0.29) is 5.79 Å². The van der Waals surface area contributed by atoms with Crippen LogP contribution in [-0.4, -0.2) is 19.0 Å². The van der Waals surface area contributed by atoms with Gasteiger partial charge in [-0.15, -0.1) is 0 Å². The second-order valence-corrected chi connectivity index (χ2v) is 6.41. The molecule has 0 aromatic rings. The van der Waals surface area contributed by atoms with Crippen LogP contribution in [0.25, 0.3) is 0 Å². The molecule has 2 heteroatoms. The van der Waals surface area contributed by atoms with E-state index in [1.54, 1.807) is 0 Å². The number of hydrogen-bond acceptors (Lipinski definition) is 2. The first kappa shape index (κ1) is 20.9. The molecule has 0 heterocycles. The van der Waals surface area contributed by atoms with Crippen LogP contribution >= 0.6 is 0 Å². The Morgan fingerprint density at radius 1 is 0.571 bits per heavy atom. The van der Waals surface area contributed by atoms with Gasteiger partial charge in [0.2, 0.25) is 0 Å². The fourth-order valence-corrected chi connectivity index (χ4v) is 2.45. The molecular weight excluding hydrogens is 260 g/mol. The van der Waals surface area contributed by atoms with Gasteiger partial charge in [0, 0.05) is 19.6 Å². The molecule has 0 aromatic carbocycles. The minimum atomic E-state index is -0.353. The van der Waals surface area contributed by atoms with E-state index in [1.165, 1.54) is 57.8 Å². The minimum absolute atomic E-state index is 0.353. The highest BCUT2D eigenvalue weighted by atomic mass is 16.7. The smallest absolute Gasteiger partial charge is 0.165 e. The molecule has 0 aliphatic heterocycles. The molecule has 0 aliphatic carbocycles. The first-order chi connectivity index (χ1) is 10.2. The third-order valence-electron chi connectivity index (χ3n) is 4.05. The van der Waals surface area contributed by atoms with Crippen molar-refractivity contribution < 1.29 is 9.47 Å². The van der Waals surface area contributed by atoms with Crippen molar-refractivity contribution in [3.05, 3.63) is 0 Å². The molecule has 0 aromatic heterocycles. The molecular formula is C19H40O2. The molecule has 0 saturated heterocycles. The molecule has 2 nitrogen and oxygen atoms in total. The van der Waals surface area contributed by atoms with Gasteiger partial charge in [0.15, 0.2) is 5.79 Å². The van der Waals surface area contributed by atoms with Crippen LogP contribution in [0.15, 0.2) is 0 Å². The Morgan fingerprint density at radius 2 is 1.00 bits per heavy atom. The highest BCUT2D eigenvalue weighted by Crippen LogP contribution is 2.23. The second kappa shape index (κ2) is 14.8. The van der Waals surface area contributed by atoms with Gasteiger partial charge in [0.25, 0.3) is 0 Å². The van der Waals surface area contributed by atoms with Gasteiger partial charge < -0.3 is 9.47 Å². The summed E-state index contributed by atoms with van der Waals surface area (Å²) < 4.78 is 12.1. The normalized spacial score (nSPS) is 12.0. The van der Waals surface area contributed by atoms with Crippen LogP contribution in [-0.2, 0) is 9.47 Å². The van der Waals surface area contributed by atoms with Crippen molar-refractivity contribution in [1.82, 2.24) is 0 Å². The zero-order valence-electron chi connectivity index (χ0n) is 15.2. The SMILES string of the molecule is CCCCCCCCCC(C)(OCCCC)OCCCC. The molecule has 0 N–H and O–H groups in total. The highest BCUT2D eigenvalue weighted by Gasteiger charge is 2.24. The molecule has 0 aliphatic rings. The predicted molar refractivity (Wildman–Crippen MR) is 92.7 cm³/mol. The van der Waals surface area contributed by atoms with Gasteiger partial charge in [0.05, 0.1) is 0 Å². The first-order valence-electron chi connectivity index (χ1n) is 9.46. The highest BCUT2D eigenvalue weighted by molar-refractivity contribution is 4.64. The fraction of sp³-hybridized carbons (Fsp3) is 1.00. The largest absolute Gasteiger partial charge is 0.350 e. The van der Waals surface area contributed by atoms with E-state index >= 15 is 0 Å². The Labute approximate surface area is 134 Å². The third-order valence-corrected chi connectivity index (χ3v) is 4.05.